The van der Waals surface area contributed by atoms with Crippen molar-refractivity contribution in [2.24, 2.45) is 5.73 Å². The van der Waals surface area contributed by atoms with Crippen molar-refractivity contribution in [2.45, 2.75) is 6.54 Å². The van der Waals surface area contributed by atoms with Crippen LogP contribution in [0.5, 0.6) is 0 Å². The molecule has 0 bridgehead atoms. The van der Waals surface area contributed by atoms with Gasteiger partial charge in [0.15, 0.2) is 11.6 Å². The number of amides is 2. The predicted octanol–water partition coefficient (Wildman–Crippen LogP) is 2.22. The van der Waals surface area contributed by atoms with Crippen molar-refractivity contribution in [3.8, 4) is 0 Å². The van der Waals surface area contributed by atoms with Gasteiger partial charge in [0.2, 0.25) is 0 Å². The average Bonchev–Trinajstić information content (AvgIpc) is 2.71. The maximum absolute atomic E-state index is 13.2. The van der Waals surface area contributed by atoms with E-state index in [0.717, 1.165) is 22.6 Å². The Morgan fingerprint density at radius 3 is 2.05 bits per heavy atom. The number of benzene rings is 2. The molecule has 0 atom stereocenters. The van der Waals surface area contributed by atoms with Gasteiger partial charge in [0.05, 0.1) is 16.8 Å². The van der Waals surface area contributed by atoms with Crippen molar-refractivity contribution in [1.82, 2.24) is 0 Å². The summed E-state index contributed by atoms with van der Waals surface area (Å²) in [4.78, 5) is 25.4. The van der Waals surface area contributed by atoms with Gasteiger partial charge in [0, 0.05) is 6.54 Å². The molecule has 0 unspecified atom stereocenters. The molecule has 0 spiro atoms. The van der Waals surface area contributed by atoms with Crippen LogP contribution in [-0.2, 0) is 6.54 Å². The largest absolute Gasteiger partial charge is 0.326 e. The normalized spacial score (nSPS) is 13.8. The zero-order valence-electron chi connectivity index (χ0n) is 10.8. The molecule has 0 aromatic heterocycles. The van der Waals surface area contributed by atoms with Gasteiger partial charge in [-0.25, -0.2) is 13.7 Å². The number of nitrogens with two attached hydrogens (primary N) is 1. The second-order valence-corrected chi connectivity index (χ2v) is 4.63. The first-order chi connectivity index (χ1) is 10.0. The summed E-state index contributed by atoms with van der Waals surface area (Å²) in [6, 6.07) is 8.06. The average molecular weight is 288 g/mol. The number of hydrogen-bond donors (Lipinski definition) is 1. The van der Waals surface area contributed by atoms with Crippen LogP contribution in [0, 0.1) is 11.6 Å². The Morgan fingerprint density at radius 1 is 0.952 bits per heavy atom. The van der Waals surface area contributed by atoms with Crippen LogP contribution >= 0.6 is 0 Å². The van der Waals surface area contributed by atoms with Crippen LogP contribution < -0.4 is 10.6 Å². The fraction of sp³-hybridized carbons (Fsp3) is 0.0667. The summed E-state index contributed by atoms with van der Waals surface area (Å²) in [6.45, 7) is 0.250. The lowest BCUT2D eigenvalue weighted by Crippen LogP contribution is -2.29. The van der Waals surface area contributed by atoms with Gasteiger partial charge >= 0.3 is 0 Å². The summed E-state index contributed by atoms with van der Waals surface area (Å²) in [7, 11) is 0. The van der Waals surface area contributed by atoms with Crippen LogP contribution in [0.25, 0.3) is 0 Å². The minimum Gasteiger partial charge on any atom is -0.326 e. The first-order valence-electron chi connectivity index (χ1n) is 6.19. The third-order valence-electron chi connectivity index (χ3n) is 3.33. The van der Waals surface area contributed by atoms with Crippen LogP contribution in [0.15, 0.2) is 36.4 Å². The highest BCUT2D eigenvalue weighted by atomic mass is 19.2. The Kier molecular flexibility index (Phi) is 3.03. The molecule has 21 heavy (non-hydrogen) atoms. The number of carbonyl (C=O) groups is 2. The Hall–Kier alpha value is -2.60. The first kappa shape index (κ1) is 13.4. The van der Waals surface area contributed by atoms with Crippen LogP contribution in [0.4, 0.5) is 14.5 Å². The van der Waals surface area contributed by atoms with E-state index in [1.807, 2.05) is 0 Å². The van der Waals surface area contributed by atoms with E-state index in [-0.39, 0.29) is 17.7 Å². The van der Waals surface area contributed by atoms with E-state index in [4.69, 9.17) is 5.73 Å². The molecular formula is C15H10F2N2O2. The van der Waals surface area contributed by atoms with Crippen molar-refractivity contribution in [3.05, 3.63) is 64.7 Å². The fourth-order valence-corrected chi connectivity index (χ4v) is 2.29. The smallest absolute Gasteiger partial charge is 0.266 e. The number of imide groups is 1. The molecule has 0 fully saturated rings. The van der Waals surface area contributed by atoms with Crippen molar-refractivity contribution in [3.63, 3.8) is 0 Å². The molecule has 0 saturated heterocycles. The summed E-state index contributed by atoms with van der Waals surface area (Å²) in [5.74, 6) is -3.67. The van der Waals surface area contributed by atoms with Crippen molar-refractivity contribution in [2.75, 3.05) is 4.90 Å². The second kappa shape index (κ2) is 4.75. The molecule has 1 aliphatic heterocycles. The second-order valence-electron chi connectivity index (χ2n) is 4.63. The zero-order valence-corrected chi connectivity index (χ0v) is 10.8. The van der Waals surface area contributed by atoms with E-state index >= 15 is 0 Å². The number of anilines is 1. The molecule has 106 valence electrons. The molecule has 0 radical (unpaired) electrons. The van der Waals surface area contributed by atoms with Gasteiger partial charge in [-0.2, -0.15) is 0 Å². The lowest BCUT2D eigenvalue weighted by atomic mass is 10.1. The number of carbonyl (C=O) groups excluding carboxylic acids is 2. The van der Waals surface area contributed by atoms with Crippen LogP contribution in [0.2, 0.25) is 0 Å². The lowest BCUT2D eigenvalue weighted by Gasteiger charge is -2.14. The molecule has 1 aliphatic rings. The standard InChI is InChI=1S/C15H10F2N2O2/c16-12-5-10-11(6-13(12)17)15(21)19(14(10)20)9-3-1-2-8(4-9)7-18/h1-6H,7,18H2. The minimum absolute atomic E-state index is 0.142. The van der Waals surface area contributed by atoms with E-state index in [1.54, 1.807) is 24.3 Å². The summed E-state index contributed by atoms with van der Waals surface area (Å²) in [5.41, 5.74) is 6.30. The highest BCUT2D eigenvalue weighted by Gasteiger charge is 2.37. The summed E-state index contributed by atoms with van der Waals surface area (Å²) >= 11 is 0. The van der Waals surface area contributed by atoms with Crippen LogP contribution in [-0.4, -0.2) is 11.8 Å². The van der Waals surface area contributed by atoms with Crippen LogP contribution in [0.1, 0.15) is 26.3 Å². The molecule has 2 aromatic rings. The number of hydrogen-bond acceptors (Lipinski definition) is 3. The highest BCUT2D eigenvalue weighted by molar-refractivity contribution is 6.34. The SMILES string of the molecule is NCc1cccc(N2C(=O)c3cc(F)c(F)cc3C2=O)c1. The van der Waals surface area contributed by atoms with Gasteiger partial charge in [-0.05, 0) is 29.8 Å². The minimum atomic E-state index is -1.16. The maximum Gasteiger partial charge on any atom is 0.266 e. The first-order valence-corrected chi connectivity index (χ1v) is 6.19. The molecule has 0 aliphatic carbocycles. The third-order valence-corrected chi connectivity index (χ3v) is 3.33. The van der Waals surface area contributed by atoms with Gasteiger partial charge in [-0.1, -0.05) is 12.1 Å². The Bertz CT molecular complexity index is 733. The van der Waals surface area contributed by atoms with E-state index < -0.39 is 23.4 Å². The molecule has 4 nitrogen and oxygen atoms in total. The molecule has 2 aromatic carbocycles. The highest BCUT2D eigenvalue weighted by Crippen LogP contribution is 2.30. The molecule has 2 amide bonds. The summed E-state index contributed by atoms with van der Waals surface area (Å²) in [6.07, 6.45) is 0. The molecule has 1 heterocycles. The molecule has 2 N–H and O–H groups in total. The fourth-order valence-electron chi connectivity index (χ4n) is 2.29. The molecular weight excluding hydrogens is 278 g/mol. The van der Waals surface area contributed by atoms with E-state index in [2.05, 4.69) is 0 Å². The van der Waals surface area contributed by atoms with Gasteiger partial charge in [0.25, 0.3) is 11.8 Å². The molecule has 6 heteroatoms. The predicted molar refractivity (Wildman–Crippen MR) is 71.8 cm³/mol. The topological polar surface area (TPSA) is 63.4 Å². The summed E-state index contributed by atoms with van der Waals surface area (Å²) in [5, 5.41) is 0. The lowest BCUT2D eigenvalue weighted by molar-refractivity contribution is 0.0926. The van der Waals surface area contributed by atoms with Gasteiger partial charge in [0.1, 0.15) is 0 Å². The van der Waals surface area contributed by atoms with Crippen molar-refractivity contribution in [1.29, 1.82) is 0 Å². The Labute approximate surface area is 118 Å². The van der Waals surface area contributed by atoms with Gasteiger partial charge < -0.3 is 5.73 Å². The van der Waals surface area contributed by atoms with E-state index in [1.165, 1.54) is 0 Å². The van der Waals surface area contributed by atoms with Crippen LogP contribution in [0.3, 0.4) is 0 Å². The number of fused-ring (bicyclic) bond motifs is 1. The van der Waals surface area contributed by atoms with E-state index in [9.17, 15) is 18.4 Å². The number of nitrogens with zero attached hydrogens (tertiary/aromatic N) is 1. The van der Waals surface area contributed by atoms with Gasteiger partial charge in [-0.15, -0.1) is 0 Å². The monoisotopic (exact) mass is 288 g/mol. The quantitative estimate of drug-likeness (QED) is 0.862. The third kappa shape index (κ3) is 2.00. The molecule has 3 rings (SSSR count). The summed E-state index contributed by atoms with van der Waals surface area (Å²) < 4.78 is 26.5. The number of rotatable bonds is 2. The van der Waals surface area contributed by atoms with E-state index in [0.29, 0.717) is 5.69 Å². The maximum atomic E-state index is 13.2. The van der Waals surface area contributed by atoms with Crippen molar-refractivity contribution < 1.29 is 18.4 Å². The Balaban J connectivity index is 2.11. The molecule has 0 saturated carbocycles. The van der Waals surface area contributed by atoms with Crippen molar-refractivity contribution >= 4 is 17.5 Å². The zero-order chi connectivity index (χ0) is 15.1. The number of halogens is 2. The van der Waals surface area contributed by atoms with Gasteiger partial charge in [-0.3, -0.25) is 9.59 Å². The Morgan fingerprint density at radius 2 is 1.52 bits per heavy atom.